The molecule has 0 aliphatic heterocycles. The van der Waals surface area contributed by atoms with Gasteiger partial charge < -0.3 is 10.4 Å². The molecule has 3 rings (SSSR count). The van der Waals surface area contributed by atoms with E-state index >= 15 is 0 Å². The lowest BCUT2D eigenvalue weighted by Gasteiger charge is -2.03. The Morgan fingerprint density at radius 2 is 2.35 bits per heavy atom. The molecular weight excluding hydrogens is 276 g/mol. The number of thiazole rings is 1. The van der Waals surface area contributed by atoms with Crippen LogP contribution < -0.4 is 5.32 Å². The van der Waals surface area contributed by atoms with Crippen LogP contribution in [0.15, 0.2) is 35.3 Å². The number of hydrogen-bond acceptors (Lipinski definition) is 5. The Hall–Kier alpha value is -2.41. The first-order valence-electron chi connectivity index (χ1n) is 6.07. The predicted octanol–water partition coefficient (Wildman–Crippen LogP) is 2.14. The third-order valence-electron chi connectivity index (χ3n) is 2.89. The number of carbonyl (C=O) groups is 1. The lowest BCUT2D eigenvalue weighted by molar-refractivity contribution is 0.0690. The van der Waals surface area contributed by atoms with Gasteiger partial charge in [0, 0.05) is 24.5 Å². The van der Waals surface area contributed by atoms with Crippen molar-refractivity contribution in [2.45, 2.75) is 6.42 Å². The number of nitrogens with zero attached hydrogens (tertiary/aromatic N) is 3. The molecule has 0 amide bonds. The molecule has 0 aliphatic carbocycles. The summed E-state index contributed by atoms with van der Waals surface area (Å²) in [5.41, 5.74) is 3.53. The number of pyridine rings is 1. The second-order valence-electron chi connectivity index (χ2n) is 4.20. The smallest absolute Gasteiger partial charge is 0.356 e. The fourth-order valence-corrected chi connectivity index (χ4v) is 2.59. The molecule has 20 heavy (non-hydrogen) atoms. The largest absolute Gasteiger partial charge is 0.476 e. The molecule has 0 aliphatic rings. The van der Waals surface area contributed by atoms with Crippen LogP contribution in [0.5, 0.6) is 0 Å². The zero-order valence-corrected chi connectivity index (χ0v) is 11.3. The number of carboxylic acid groups (broad SMARTS) is 1. The standard InChI is InChI=1S/C13H12N4O2S/c18-13(19)11-12(14-5-4-9-7-20-8-15-9)16-10-3-1-2-6-17(10)11/h1-3,6-8,14H,4-5H2,(H,18,19). The van der Waals surface area contributed by atoms with E-state index in [1.54, 1.807) is 39.6 Å². The summed E-state index contributed by atoms with van der Waals surface area (Å²) in [6.45, 7) is 0.591. The van der Waals surface area contributed by atoms with E-state index in [0.29, 0.717) is 18.0 Å². The number of imidazole rings is 1. The summed E-state index contributed by atoms with van der Waals surface area (Å²) < 4.78 is 1.56. The van der Waals surface area contributed by atoms with Gasteiger partial charge in [0.1, 0.15) is 5.65 Å². The summed E-state index contributed by atoms with van der Waals surface area (Å²) in [6, 6.07) is 5.38. The Morgan fingerprint density at radius 3 is 3.10 bits per heavy atom. The van der Waals surface area contributed by atoms with Gasteiger partial charge in [0.2, 0.25) is 0 Å². The molecule has 0 fully saturated rings. The topological polar surface area (TPSA) is 79.5 Å². The lowest BCUT2D eigenvalue weighted by atomic mass is 10.3. The van der Waals surface area contributed by atoms with Gasteiger partial charge in [-0.05, 0) is 12.1 Å². The Labute approximate surface area is 118 Å². The minimum atomic E-state index is -1.00. The van der Waals surface area contributed by atoms with E-state index in [0.717, 1.165) is 12.1 Å². The molecule has 0 unspecified atom stereocenters. The molecule has 0 radical (unpaired) electrons. The third kappa shape index (κ3) is 2.35. The molecule has 0 spiro atoms. The van der Waals surface area contributed by atoms with Crippen molar-refractivity contribution in [1.82, 2.24) is 14.4 Å². The van der Waals surface area contributed by atoms with Crippen molar-refractivity contribution in [2.24, 2.45) is 0 Å². The number of carboxylic acids is 1. The van der Waals surface area contributed by atoms with Gasteiger partial charge in [-0.2, -0.15) is 0 Å². The van der Waals surface area contributed by atoms with Crippen LogP contribution in [0.4, 0.5) is 5.82 Å². The molecule has 102 valence electrons. The average Bonchev–Trinajstić information content (AvgIpc) is 3.05. The van der Waals surface area contributed by atoms with E-state index in [2.05, 4.69) is 15.3 Å². The molecule has 3 heterocycles. The second kappa shape index (κ2) is 5.30. The molecule has 0 aromatic carbocycles. The van der Waals surface area contributed by atoms with Crippen LogP contribution in [0.1, 0.15) is 16.2 Å². The van der Waals surface area contributed by atoms with E-state index in [1.165, 1.54) is 0 Å². The minimum absolute atomic E-state index is 0.152. The third-order valence-corrected chi connectivity index (χ3v) is 3.52. The zero-order valence-electron chi connectivity index (χ0n) is 10.5. The number of fused-ring (bicyclic) bond motifs is 1. The molecule has 2 N–H and O–H groups in total. The van der Waals surface area contributed by atoms with Gasteiger partial charge in [-0.3, -0.25) is 4.40 Å². The van der Waals surface area contributed by atoms with Crippen molar-refractivity contribution in [3.05, 3.63) is 46.7 Å². The van der Waals surface area contributed by atoms with E-state index in [1.807, 2.05) is 11.4 Å². The first-order chi connectivity index (χ1) is 9.75. The van der Waals surface area contributed by atoms with Crippen LogP contribution in [0, 0.1) is 0 Å². The number of aromatic carboxylic acids is 1. The summed E-state index contributed by atoms with van der Waals surface area (Å²) >= 11 is 1.54. The van der Waals surface area contributed by atoms with E-state index in [9.17, 15) is 9.90 Å². The van der Waals surface area contributed by atoms with Crippen molar-refractivity contribution in [1.29, 1.82) is 0 Å². The minimum Gasteiger partial charge on any atom is -0.476 e. The maximum atomic E-state index is 11.4. The van der Waals surface area contributed by atoms with Gasteiger partial charge in [0.25, 0.3) is 0 Å². The summed E-state index contributed by atoms with van der Waals surface area (Å²) in [6.07, 6.45) is 2.42. The van der Waals surface area contributed by atoms with Crippen LogP contribution in [0.25, 0.3) is 5.65 Å². The fraction of sp³-hybridized carbons (Fsp3) is 0.154. The van der Waals surface area contributed by atoms with Gasteiger partial charge in [-0.1, -0.05) is 6.07 Å². The van der Waals surface area contributed by atoms with Gasteiger partial charge in [0.15, 0.2) is 11.5 Å². The zero-order chi connectivity index (χ0) is 13.9. The maximum Gasteiger partial charge on any atom is 0.356 e. The number of hydrogen-bond donors (Lipinski definition) is 2. The van der Waals surface area contributed by atoms with Crippen molar-refractivity contribution in [2.75, 3.05) is 11.9 Å². The summed E-state index contributed by atoms with van der Waals surface area (Å²) in [7, 11) is 0. The fourth-order valence-electron chi connectivity index (χ4n) is 1.99. The molecular formula is C13H12N4O2S. The van der Waals surface area contributed by atoms with Gasteiger partial charge in [-0.25, -0.2) is 14.8 Å². The highest BCUT2D eigenvalue weighted by atomic mass is 32.1. The molecule has 0 saturated heterocycles. The van der Waals surface area contributed by atoms with Crippen molar-refractivity contribution in [3.63, 3.8) is 0 Å². The Bertz CT molecular complexity index is 736. The molecule has 0 saturated carbocycles. The molecule has 3 aromatic heterocycles. The highest BCUT2D eigenvalue weighted by Gasteiger charge is 2.17. The Balaban J connectivity index is 1.83. The highest BCUT2D eigenvalue weighted by Crippen LogP contribution is 2.17. The Kier molecular flexibility index (Phi) is 3.34. The van der Waals surface area contributed by atoms with Crippen LogP contribution in [0.2, 0.25) is 0 Å². The number of aromatic nitrogens is 3. The molecule has 6 nitrogen and oxygen atoms in total. The van der Waals surface area contributed by atoms with Crippen LogP contribution in [-0.2, 0) is 6.42 Å². The van der Waals surface area contributed by atoms with Crippen molar-refractivity contribution >= 4 is 28.8 Å². The number of nitrogens with one attached hydrogen (secondary N) is 1. The lowest BCUT2D eigenvalue weighted by Crippen LogP contribution is -2.10. The van der Waals surface area contributed by atoms with E-state index in [4.69, 9.17) is 0 Å². The Morgan fingerprint density at radius 1 is 1.45 bits per heavy atom. The van der Waals surface area contributed by atoms with Gasteiger partial charge in [-0.15, -0.1) is 11.3 Å². The van der Waals surface area contributed by atoms with Crippen molar-refractivity contribution < 1.29 is 9.90 Å². The first-order valence-corrected chi connectivity index (χ1v) is 7.01. The maximum absolute atomic E-state index is 11.4. The van der Waals surface area contributed by atoms with Crippen LogP contribution in [0.3, 0.4) is 0 Å². The predicted molar refractivity (Wildman–Crippen MR) is 76.5 cm³/mol. The van der Waals surface area contributed by atoms with Crippen LogP contribution >= 0.6 is 11.3 Å². The van der Waals surface area contributed by atoms with Crippen LogP contribution in [-0.4, -0.2) is 32.0 Å². The molecule has 7 heteroatoms. The van der Waals surface area contributed by atoms with E-state index in [-0.39, 0.29) is 5.69 Å². The normalized spacial score (nSPS) is 10.8. The molecule has 0 atom stereocenters. The summed E-state index contributed by atoms with van der Waals surface area (Å²) in [5.74, 6) is -0.612. The van der Waals surface area contributed by atoms with Gasteiger partial charge >= 0.3 is 5.97 Å². The van der Waals surface area contributed by atoms with E-state index < -0.39 is 5.97 Å². The highest BCUT2D eigenvalue weighted by molar-refractivity contribution is 7.07. The quantitative estimate of drug-likeness (QED) is 0.752. The number of anilines is 1. The molecule has 3 aromatic rings. The molecule has 0 bridgehead atoms. The average molecular weight is 288 g/mol. The monoisotopic (exact) mass is 288 g/mol. The SMILES string of the molecule is O=C(O)c1c(NCCc2cscn2)nc2ccccn12. The first kappa shape index (κ1) is 12.6. The summed E-state index contributed by atoms with van der Waals surface area (Å²) in [5, 5.41) is 14.4. The summed E-state index contributed by atoms with van der Waals surface area (Å²) in [4.78, 5) is 19.9. The second-order valence-corrected chi connectivity index (χ2v) is 4.92. The van der Waals surface area contributed by atoms with Gasteiger partial charge in [0.05, 0.1) is 11.2 Å². The van der Waals surface area contributed by atoms with Crippen molar-refractivity contribution in [3.8, 4) is 0 Å². The number of rotatable bonds is 5.